The summed E-state index contributed by atoms with van der Waals surface area (Å²) < 4.78 is 13.0. The van der Waals surface area contributed by atoms with E-state index in [9.17, 15) is 9.18 Å². The first-order chi connectivity index (χ1) is 10.2. The minimum Gasteiger partial charge on any atom is -0.361 e. The van der Waals surface area contributed by atoms with Crippen molar-refractivity contribution < 1.29 is 9.18 Å². The second kappa shape index (κ2) is 5.79. The van der Waals surface area contributed by atoms with Crippen LogP contribution in [-0.4, -0.2) is 17.4 Å². The number of fused-ring (bicyclic) bond motifs is 1. The van der Waals surface area contributed by atoms with Gasteiger partial charge in [0.15, 0.2) is 0 Å². The average molecular weight is 282 g/mol. The molecule has 0 unspecified atom stereocenters. The first kappa shape index (κ1) is 13.4. The molecule has 1 heterocycles. The topological polar surface area (TPSA) is 44.9 Å². The molecule has 1 aromatic heterocycles. The minimum atomic E-state index is -0.403. The van der Waals surface area contributed by atoms with Gasteiger partial charge in [0.2, 0.25) is 0 Å². The molecular weight excluding hydrogens is 267 g/mol. The second-order valence-electron chi connectivity index (χ2n) is 4.92. The lowest BCUT2D eigenvalue weighted by Gasteiger charge is -2.06. The minimum absolute atomic E-state index is 0.254. The number of benzene rings is 2. The molecule has 0 aliphatic rings. The standard InChI is InChI=1S/C17H15FN2O/c18-15-3-1-2-14(11-15)17(21)20-8-6-12-4-5-13-7-9-19-16(13)10-12/h1-5,7,9-11,19H,6,8H2,(H,20,21). The van der Waals surface area contributed by atoms with Gasteiger partial charge in [-0.2, -0.15) is 0 Å². The fourth-order valence-electron chi connectivity index (χ4n) is 2.30. The molecule has 0 spiro atoms. The number of carbonyl (C=O) groups excluding carboxylic acids is 1. The highest BCUT2D eigenvalue weighted by Crippen LogP contribution is 2.14. The maximum absolute atomic E-state index is 13.0. The van der Waals surface area contributed by atoms with E-state index in [0.29, 0.717) is 12.1 Å². The predicted molar refractivity (Wildman–Crippen MR) is 80.7 cm³/mol. The van der Waals surface area contributed by atoms with Gasteiger partial charge in [-0.1, -0.05) is 18.2 Å². The molecule has 0 aliphatic carbocycles. The lowest BCUT2D eigenvalue weighted by molar-refractivity contribution is 0.0953. The number of halogens is 1. The molecule has 0 bridgehead atoms. The lowest BCUT2D eigenvalue weighted by Crippen LogP contribution is -2.25. The highest BCUT2D eigenvalue weighted by Gasteiger charge is 2.05. The SMILES string of the molecule is O=C(NCCc1ccc2cc[nH]c2c1)c1cccc(F)c1. The molecule has 0 saturated carbocycles. The zero-order chi connectivity index (χ0) is 14.7. The van der Waals surface area contributed by atoms with Crippen molar-refractivity contribution >= 4 is 16.8 Å². The number of amides is 1. The third-order valence-corrected chi connectivity index (χ3v) is 3.41. The quantitative estimate of drug-likeness (QED) is 0.758. The number of hydrogen-bond donors (Lipinski definition) is 2. The van der Waals surface area contributed by atoms with Crippen molar-refractivity contribution in [3.63, 3.8) is 0 Å². The van der Waals surface area contributed by atoms with Gasteiger partial charge in [0.25, 0.3) is 5.91 Å². The Morgan fingerprint density at radius 2 is 2.05 bits per heavy atom. The molecule has 0 atom stereocenters. The molecule has 3 aromatic rings. The summed E-state index contributed by atoms with van der Waals surface area (Å²) in [4.78, 5) is 15.0. The molecule has 2 N–H and O–H groups in total. The van der Waals surface area contributed by atoms with Crippen molar-refractivity contribution in [2.24, 2.45) is 0 Å². The molecule has 0 radical (unpaired) electrons. The monoisotopic (exact) mass is 282 g/mol. The molecule has 4 heteroatoms. The molecule has 21 heavy (non-hydrogen) atoms. The lowest BCUT2D eigenvalue weighted by atomic mass is 10.1. The Morgan fingerprint density at radius 1 is 1.14 bits per heavy atom. The van der Waals surface area contributed by atoms with Gasteiger partial charge in [0.1, 0.15) is 5.82 Å². The number of nitrogens with one attached hydrogen (secondary N) is 2. The first-order valence-corrected chi connectivity index (χ1v) is 6.82. The molecular formula is C17H15FN2O. The summed E-state index contributed by atoms with van der Waals surface area (Å²) in [6.45, 7) is 0.515. The average Bonchev–Trinajstić information content (AvgIpc) is 2.94. The summed E-state index contributed by atoms with van der Waals surface area (Å²) in [5.41, 5.74) is 2.57. The van der Waals surface area contributed by atoms with Crippen LogP contribution in [-0.2, 0) is 6.42 Å². The molecule has 1 amide bonds. The van der Waals surface area contributed by atoms with E-state index in [4.69, 9.17) is 0 Å². The predicted octanol–water partition coefficient (Wildman–Crippen LogP) is 3.28. The maximum Gasteiger partial charge on any atom is 0.251 e. The smallest absolute Gasteiger partial charge is 0.251 e. The van der Waals surface area contributed by atoms with E-state index in [-0.39, 0.29) is 5.91 Å². The Hall–Kier alpha value is -2.62. The van der Waals surface area contributed by atoms with Gasteiger partial charge in [0.05, 0.1) is 0 Å². The Balaban J connectivity index is 1.59. The Morgan fingerprint density at radius 3 is 2.90 bits per heavy atom. The van der Waals surface area contributed by atoms with E-state index in [1.165, 1.54) is 23.6 Å². The highest BCUT2D eigenvalue weighted by atomic mass is 19.1. The van der Waals surface area contributed by atoms with Crippen molar-refractivity contribution in [1.29, 1.82) is 0 Å². The van der Waals surface area contributed by atoms with Crippen LogP contribution >= 0.6 is 0 Å². The van der Waals surface area contributed by atoms with Crippen molar-refractivity contribution in [2.45, 2.75) is 6.42 Å². The summed E-state index contributed by atoms with van der Waals surface area (Å²) in [7, 11) is 0. The molecule has 0 saturated heterocycles. The van der Waals surface area contributed by atoms with Gasteiger partial charge < -0.3 is 10.3 Å². The second-order valence-corrected chi connectivity index (χ2v) is 4.92. The van der Waals surface area contributed by atoms with E-state index in [1.807, 2.05) is 18.3 Å². The van der Waals surface area contributed by atoms with Crippen LogP contribution in [0.4, 0.5) is 4.39 Å². The number of aromatic amines is 1. The first-order valence-electron chi connectivity index (χ1n) is 6.82. The Bertz CT molecular complexity index is 779. The van der Waals surface area contributed by atoms with Gasteiger partial charge in [0, 0.05) is 23.8 Å². The van der Waals surface area contributed by atoms with Crippen LogP contribution < -0.4 is 5.32 Å². The van der Waals surface area contributed by atoms with Gasteiger partial charge >= 0.3 is 0 Å². The number of H-pyrrole nitrogens is 1. The molecule has 2 aromatic carbocycles. The zero-order valence-electron chi connectivity index (χ0n) is 11.4. The fourth-order valence-corrected chi connectivity index (χ4v) is 2.30. The van der Waals surface area contributed by atoms with E-state index >= 15 is 0 Å². The van der Waals surface area contributed by atoms with Gasteiger partial charge in [-0.25, -0.2) is 4.39 Å². The van der Waals surface area contributed by atoms with Crippen molar-refractivity contribution in [2.75, 3.05) is 6.54 Å². The number of carbonyl (C=O) groups is 1. The van der Waals surface area contributed by atoms with E-state index in [0.717, 1.165) is 17.5 Å². The number of hydrogen-bond acceptors (Lipinski definition) is 1. The van der Waals surface area contributed by atoms with Gasteiger partial charge in [-0.05, 0) is 47.7 Å². The van der Waals surface area contributed by atoms with Crippen LogP contribution in [0, 0.1) is 5.82 Å². The molecule has 3 rings (SSSR count). The third-order valence-electron chi connectivity index (χ3n) is 3.41. The highest BCUT2D eigenvalue weighted by molar-refractivity contribution is 5.94. The summed E-state index contributed by atoms with van der Waals surface area (Å²) in [6, 6.07) is 13.9. The summed E-state index contributed by atoms with van der Waals surface area (Å²) in [5, 5.41) is 3.97. The maximum atomic E-state index is 13.0. The van der Waals surface area contributed by atoms with E-state index in [1.54, 1.807) is 6.07 Å². The van der Waals surface area contributed by atoms with Crippen LogP contribution in [0.3, 0.4) is 0 Å². The zero-order valence-corrected chi connectivity index (χ0v) is 11.4. The molecule has 0 aliphatic heterocycles. The van der Waals surface area contributed by atoms with Crippen LogP contribution in [0.2, 0.25) is 0 Å². The van der Waals surface area contributed by atoms with Crippen molar-refractivity contribution in [3.8, 4) is 0 Å². The van der Waals surface area contributed by atoms with Gasteiger partial charge in [-0.15, -0.1) is 0 Å². The molecule has 106 valence electrons. The van der Waals surface area contributed by atoms with Crippen molar-refractivity contribution in [1.82, 2.24) is 10.3 Å². The third kappa shape index (κ3) is 3.11. The van der Waals surface area contributed by atoms with Crippen LogP contribution in [0.15, 0.2) is 54.7 Å². The molecule has 3 nitrogen and oxygen atoms in total. The van der Waals surface area contributed by atoms with Crippen LogP contribution in [0.1, 0.15) is 15.9 Å². The number of rotatable bonds is 4. The Labute approximate surface area is 121 Å². The summed E-state index contributed by atoms with van der Waals surface area (Å²) >= 11 is 0. The van der Waals surface area contributed by atoms with E-state index < -0.39 is 5.82 Å². The largest absolute Gasteiger partial charge is 0.361 e. The van der Waals surface area contributed by atoms with Crippen molar-refractivity contribution in [3.05, 3.63) is 71.7 Å². The number of aromatic nitrogens is 1. The summed E-state index contributed by atoms with van der Waals surface area (Å²) in [6.07, 6.45) is 2.64. The van der Waals surface area contributed by atoms with Crippen LogP contribution in [0.5, 0.6) is 0 Å². The van der Waals surface area contributed by atoms with Crippen LogP contribution in [0.25, 0.3) is 10.9 Å². The fraction of sp³-hybridized carbons (Fsp3) is 0.118. The van der Waals surface area contributed by atoms with Gasteiger partial charge in [-0.3, -0.25) is 4.79 Å². The van der Waals surface area contributed by atoms with E-state index in [2.05, 4.69) is 22.4 Å². The Kier molecular flexibility index (Phi) is 3.69. The normalized spacial score (nSPS) is 10.7. The summed E-state index contributed by atoms with van der Waals surface area (Å²) in [5.74, 6) is -0.657. The molecule has 0 fully saturated rings.